The summed E-state index contributed by atoms with van der Waals surface area (Å²) in [6.07, 6.45) is 7.45. The van der Waals surface area contributed by atoms with Crippen LogP contribution >= 0.6 is 0 Å². The molecule has 2 saturated carbocycles. The Kier molecular flexibility index (Phi) is 3.76. The first-order valence-corrected chi connectivity index (χ1v) is 7.08. The van der Waals surface area contributed by atoms with Gasteiger partial charge in [0.1, 0.15) is 5.54 Å². The van der Waals surface area contributed by atoms with Crippen LogP contribution in [0.4, 0.5) is 0 Å². The smallest absolute Gasteiger partial charge is 0.323 e. The summed E-state index contributed by atoms with van der Waals surface area (Å²) in [5, 5.41) is 13.0. The van der Waals surface area contributed by atoms with Gasteiger partial charge in [0.15, 0.2) is 0 Å². The Balaban J connectivity index is 1.97. The molecule has 98 valence electrons. The van der Waals surface area contributed by atoms with Gasteiger partial charge in [-0.05, 0) is 57.3 Å². The maximum absolute atomic E-state index is 11.6. The zero-order valence-corrected chi connectivity index (χ0v) is 11.0. The third-order valence-electron chi connectivity index (χ3n) is 4.78. The largest absolute Gasteiger partial charge is 0.480 e. The number of nitrogens with one attached hydrogen (secondary N) is 1. The van der Waals surface area contributed by atoms with Gasteiger partial charge in [-0.2, -0.15) is 0 Å². The molecule has 0 aromatic rings. The number of aliphatic carboxylic acids is 1. The third-order valence-corrected chi connectivity index (χ3v) is 4.78. The van der Waals surface area contributed by atoms with Crippen molar-refractivity contribution in [2.45, 2.75) is 70.4 Å². The molecule has 0 heterocycles. The van der Waals surface area contributed by atoms with E-state index in [0.29, 0.717) is 6.04 Å². The fourth-order valence-electron chi connectivity index (χ4n) is 3.15. The van der Waals surface area contributed by atoms with E-state index in [1.807, 2.05) is 0 Å². The number of carboxylic acids is 1. The number of hydrogen-bond acceptors (Lipinski definition) is 2. The maximum Gasteiger partial charge on any atom is 0.323 e. The Morgan fingerprint density at radius 1 is 1.35 bits per heavy atom. The van der Waals surface area contributed by atoms with Crippen LogP contribution in [0, 0.1) is 11.8 Å². The summed E-state index contributed by atoms with van der Waals surface area (Å²) in [5.41, 5.74) is -0.631. The Bertz CT molecular complexity index is 278. The number of hydrogen-bond donors (Lipinski definition) is 2. The first-order valence-electron chi connectivity index (χ1n) is 7.08. The SMILES string of the molecule is CCC1CCC(NC(C)C2CC2)(C(=O)O)CC1. The number of carbonyl (C=O) groups is 1. The summed E-state index contributed by atoms with van der Waals surface area (Å²) in [4.78, 5) is 11.6. The van der Waals surface area contributed by atoms with Crippen LogP contribution < -0.4 is 5.32 Å². The van der Waals surface area contributed by atoms with E-state index in [0.717, 1.165) is 37.5 Å². The lowest BCUT2D eigenvalue weighted by Gasteiger charge is -2.39. The Morgan fingerprint density at radius 3 is 2.35 bits per heavy atom. The van der Waals surface area contributed by atoms with Crippen molar-refractivity contribution in [3.05, 3.63) is 0 Å². The van der Waals surface area contributed by atoms with Gasteiger partial charge in [-0.25, -0.2) is 0 Å². The third kappa shape index (κ3) is 2.82. The molecule has 17 heavy (non-hydrogen) atoms. The molecular weight excluding hydrogens is 214 g/mol. The van der Waals surface area contributed by atoms with Crippen molar-refractivity contribution < 1.29 is 9.90 Å². The van der Waals surface area contributed by atoms with Crippen molar-refractivity contribution >= 4 is 5.97 Å². The molecule has 0 spiro atoms. The van der Waals surface area contributed by atoms with Crippen LogP contribution in [0.3, 0.4) is 0 Å². The van der Waals surface area contributed by atoms with Crippen LogP contribution in [0.1, 0.15) is 58.8 Å². The molecule has 3 heteroatoms. The van der Waals surface area contributed by atoms with Gasteiger partial charge in [-0.1, -0.05) is 13.3 Å². The van der Waals surface area contributed by atoms with Crippen LogP contribution in [0.15, 0.2) is 0 Å². The highest BCUT2D eigenvalue weighted by Gasteiger charge is 2.44. The topological polar surface area (TPSA) is 49.3 Å². The standard InChI is InChI=1S/C14H25NO2/c1-3-11-6-8-14(9-7-11,13(16)17)15-10(2)12-4-5-12/h10-12,15H,3-9H2,1-2H3,(H,16,17). The second-order valence-corrected chi connectivity index (χ2v) is 6.01. The van der Waals surface area contributed by atoms with E-state index < -0.39 is 11.5 Å². The number of carboxylic acid groups (broad SMARTS) is 1. The highest BCUT2D eigenvalue weighted by Crippen LogP contribution is 2.38. The van der Waals surface area contributed by atoms with Gasteiger partial charge in [-0.3, -0.25) is 10.1 Å². The molecule has 1 atom stereocenters. The maximum atomic E-state index is 11.6. The lowest BCUT2D eigenvalue weighted by Crippen LogP contribution is -2.57. The summed E-state index contributed by atoms with van der Waals surface area (Å²) in [7, 11) is 0. The molecule has 2 aliphatic carbocycles. The summed E-state index contributed by atoms with van der Waals surface area (Å²) in [6, 6.07) is 0.365. The molecular formula is C14H25NO2. The summed E-state index contributed by atoms with van der Waals surface area (Å²) in [5.74, 6) is 0.815. The summed E-state index contributed by atoms with van der Waals surface area (Å²) >= 11 is 0. The molecule has 2 fully saturated rings. The van der Waals surface area contributed by atoms with Gasteiger partial charge < -0.3 is 5.11 Å². The Morgan fingerprint density at radius 2 is 1.94 bits per heavy atom. The average molecular weight is 239 g/mol. The van der Waals surface area contributed by atoms with Crippen molar-refractivity contribution in [1.29, 1.82) is 0 Å². The second kappa shape index (κ2) is 4.97. The molecule has 2 N–H and O–H groups in total. The minimum absolute atomic E-state index is 0.365. The zero-order valence-electron chi connectivity index (χ0n) is 11.0. The molecule has 0 amide bonds. The molecule has 1 unspecified atom stereocenters. The normalized spacial score (nSPS) is 35.5. The minimum Gasteiger partial charge on any atom is -0.480 e. The van der Waals surface area contributed by atoms with Gasteiger partial charge in [0.05, 0.1) is 0 Å². The highest BCUT2D eigenvalue weighted by molar-refractivity contribution is 5.79. The van der Waals surface area contributed by atoms with Gasteiger partial charge >= 0.3 is 5.97 Å². The molecule has 0 aliphatic heterocycles. The fraction of sp³-hybridized carbons (Fsp3) is 0.929. The molecule has 2 rings (SSSR count). The molecule has 0 radical (unpaired) electrons. The van der Waals surface area contributed by atoms with E-state index in [4.69, 9.17) is 0 Å². The van der Waals surface area contributed by atoms with Crippen molar-refractivity contribution in [3.8, 4) is 0 Å². The molecule has 3 nitrogen and oxygen atoms in total. The van der Waals surface area contributed by atoms with E-state index in [1.165, 1.54) is 19.3 Å². The van der Waals surface area contributed by atoms with E-state index in [9.17, 15) is 9.90 Å². The van der Waals surface area contributed by atoms with Crippen molar-refractivity contribution in [2.24, 2.45) is 11.8 Å². The first kappa shape index (κ1) is 12.9. The van der Waals surface area contributed by atoms with Crippen LogP contribution in [0.5, 0.6) is 0 Å². The van der Waals surface area contributed by atoms with Gasteiger partial charge in [-0.15, -0.1) is 0 Å². The van der Waals surface area contributed by atoms with Crippen LogP contribution in [0.25, 0.3) is 0 Å². The average Bonchev–Trinajstić information content (AvgIpc) is 3.13. The lowest BCUT2D eigenvalue weighted by molar-refractivity contribution is -0.147. The van der Waals surface area contributed by atoms with E-state index in [2.05, 4.69) is 19.2 Å². The molecule has 0 aromatic carbocycles. The lowest BCUT2D eigenvalue weighted by atomic mass is 9.75. The highest BCUT2D eigenvalue weighted by atomic mass is 16.4. The van der Waals surface area contributed by atoms with Crippen LogP contribution in [-0.4, -0.2) is 22.7 Å². The summed E-state index contributed by atoms with van der Waals surface area (Å²) in [6.45, 7) is 4.35. The quantitative estimate of drug-likeness (QED) is 0.775. The van der Waals surface area contributed by atoms with Gasteiger partial charge in [0.25, 0.3) is 0 Å². The molecule has 0 aromatic heterocycles. The van der Waals surface area contributed by atoms with Crippen molar-refractivity contribution in [1.82, 2.24) is 5.32 Å². The predicted octanol–water partition coefficient (Wildman–Crippen LogP) is 2.80. The van der Waals surface area contributed by atoms with Gasteiger partial charge in [0.2, 0.25) is 0 Å². The van der Waals surface area contributed by atoms with E-state index in [1.54, 1.807) is 0 Å². The van der Waals surface area contributed by atoms with Crippen molar-refractivity contribution in [2.75, 3.05) is 0 Å². The molecule has 2 aliphatic rings. The van der Waals surface area contributed by atoms with E-state index >= 15 is 0 Å². The second-order valence-electron chi connectivity index (χ2n) is 6.01. The molecule has 0 bridgehead atoms. The Hall–Kier alpha value is -0.570. The zero-order chi connectivity index (χ0) is 12.5. The van der Waals surface area contributed by atoms with E-state index in [-0.39, 0.29) is 0 Å². The first-order chi connectivity index (χ1) is 8.07. The predicted molar refractivity (Wildman–Crippen MR) is 67.9 cm³/mol. The fourth-order valence-corrected chi connectivity index (χ4v) is 3.15. The molecule has 0 saturated heterocycles. The summed E-state index contributed by atoms with van der Waals surface area (Å²) < 4.78 is 0. The van der Waals surface area contributed by atoms with Gasteiger partial charge in [0, 0.05) is 6.04 Å². The van der Waals surface area contributed by atoms with Crippen LogP contribution in [-0.2, 0) is 4.79 Å². The monoisotopic (exact) mass is 239 g/mol. The Labute approximate surface area is 104 Å². The van der Waals surface area contributed by atoms with Crippen LogP contribution in [0.2, 0.25) is 0 Å². The number of rotatable bonds is 5. The van der Waals surface area contributed by atoms with Crippen molar-refractivity contribution in [3.63, 3.8) is 0 Å². The minimum atomic E-state index is -0.639.